The van der Waals surface area contributed by atoms with Crippen LogP contribution in [0.15, 0.2) is 18.2 Å². The highest BCUT2D eigenvalue weighted by molar-refractivity contribution is 6.31. The van der Waals surface area contributed by atoms with E-state index in [0.717, 1.165) is 16.8 Å². The summed E-state index contributed by atoms with van der Waals surface area (Å²) in [5.41, 5.74) is 3.11. The molecule has 19 heavy (non-hydrogen) atoms. The first-order valence-corrected chi connectivity index (χ1v) is 6.62. The van der Waals surface area contributed by atoms with Crippen molar-refractivity contribution in [1.29, 1.82) is 0 Å². The smallest absolute Gasteiger partial charge is 0.167 e. The molecule has 1 aromatic heterocycles. The number of benzene rings is 1. The molecule has 100 valence electrons. The highest BCUT2D eigenvalue weighted by atomic mass is 35.5. The van der Waals surface area contributed by atoms with Gasteiger partial charge in [-0.1, -0.05) is 23.2 Å². The number of hydrogen-bond donors (Lipinski definition) is 0. The zero-order valence-electron chi connectivity index (χ0n) is 11.0. The van der Waals surface area contributed by atoms with Gasteiger partial charge in [-0.3, -0.25) is 9.48 Å². The Morgan fingerprint density at radius 2 is 1.95 bits per heavy atom. The number of carbonyl (C=O) groups is 1. The molecule has 0 N–H and O–H groups in total. The molecule has 3 nitrogen and oxygen atoms in total. The summed E-state index contributed by atoms with van der Waals surface area (Å²) in [5, 5.41) is 5.27. The van der Waals surface area contributed by atoms with E-state index in [1.807, 2.05) is 26.0 Å². The predicted molar refractivity (Wildman–Crippen MR) is 77.2 cm³/mol. The summed E-state index contributed by atoms with van der Waals surface area (Å²) >= 11 is 12.1. The first-order chi connectivity index (χ1) is 8.88. The molecule has 0 atom stereocenters. The summed E-state index contributed by atoms with van der Waals surface area (Å²) in [6.07, 6.45) is 0.234. The van der Waals surface area contributed by atoms with Crippen molar-refractivity contribution in [2.24, 2.45) is 7.05 Å². The van der Waals surface area contributed by atoms with Crippen molar-refractivity contribution in [3.63, 3.8) is 0 Å². The third-order valence-electron chi connectivity index (χ3n) is 2.97. The van der Waals surface area contributed by atoms with Crippen LogP contribution in [0, 0.1) is 13.8 Å². The Hall–Kier alpha value is -1.32. The molecule has 1 heterocycles. The van der Waals surface area contributed by atoms with Gasteiger partial charge in [0.05, 0.1) is 5.69 Å². The van der Waals surface area contributed by atoms with Gasteiger partial charge in [-0.2, -0.15) is 5.10 Å². The Labute approximate surface area is 122 Å². The van der Waals surface area contributed by atoms with Crippen LogP contribution in [0.4, 0.5) is 0 Å². The Morgan fingerprint density at radius 3 is 2.47 bits per heavy atom. The van der Waals surface area contributed by atoms with Crippen molar-refractivity contribution < 1.29 is 4.79 Å². The maximum atomic E-state index is 12.3. The molecule has 0 unspecified atom stereocenters. The average molecular weight is 297 g/mol. The quantitative estimate of drug-likeness (QED) is 0.808. The second kappa shape index (κ2) is 5.35. The lowest BCUT2D eigenvalue weighted by atomic mass is 10.0. The summed E-state index contributed by atoms with van der Waals surface area (Å²) in [6, 6.07) is 5.32. The molecular weight excluding hydrogens is 283 g/mol. The molecular formula is C14H14Cl2N2O. The van der Waals surface area contributed by atoms with E-state index in [0.29, 0.717) is 15.7 Å². The van der Waals surface area contributed by atoms with Gasteiger partial charge in [0.1, 0.15) is 5.15 Å². The molecule has 0 aliphatic heterocycles. The van der Waals surface area contributed by atoms with E-state index in [2.05, 4.69) is 5.10 Å². The fraction of sp³-hybridized carbons (Fsp3) is 0.286. The van der Waals surface area contributed by atoms with Crippen molar-refractivity contribution in [2.45, 2.75) is 20.3 Å². The second-order valence-electron chi connectivity index (χ2n) is 4.60. The number of halogens is 2. The molecule has 2 rings (SSSR count). The fourth-order valence-electron chi connectivity index (χ4n) is 2.03. The largest absolute Gasteiger partial charge is 0.294 e. The summed E-state index contributed by atoms with van der Waals surface area (Å²) in [5.74, 6) is -0.0106. The molecule has 0 bridgehead atoms. The zero-order valence-corrected chi connectivity index (χ0v) is 12.5. The van der Waals surface area contributed by atoms with E-state index in [1.54, 1.807) is 17.8 Å². The van der Waals surface area contributed by atoms with Gasteiger partial charge in [0.25, 0.3) is 0 Å². The van der Waals surface area contributed by atoms with Crippen LogP contribution < -0.4 is 0 Å². The molecule has 0 aliphatic carbocycles. The Morgan fingerprint density at radius 1 is 1.26 bits per heavy atom. The van der Waals surface area contributed by atoms with Crippen LogP contribution in [0.1, 0.15) is 27.2 Å². The fourth-order valence-corrected chi connectivity index (χ4v) is 2.57. The van der Waals surface area contributed by atoms with E-state index < -0.39 is 0 Å². The Kier molecular flexibility index (Phi) is 3.97. The van der Waals surface area contributed by atoms with E-state index in [1.165, 1.54) is 0 Å². The molecule has 0 saturated heterocycles. The Bertz CT molecular complexity index is 627. The molecule has 1 aromatic carbocycles. The minimum absolute atomic E-state index is 0.0106. The summed E-state index contributed by atoms with van der Waals surface area (Å²) in [6.45, 7) is 3.75. The zero-order chi connectivity index (χ0) is 14.2. The SMILES string of the molecule is Cc1cc(Cl)cc(C(=O)Cc2c(C)nn(C)c2Cl)c1. The highest BCUT2D eigenvalue weighted by Gasteiger charge is 2.16. The Balaban J connectivity index is 2.30. The molecule has 0 fully saturated rings. The number of carbonyl (C=O) groups excluding carboxylic acids is 1. The summed E-state index contributed by atoms with van der Waals surface area (Å²) in [7, 11) is 1.76. The van der Waals surface area contributed by atoms with E-state index in [4.69, 9.17) is 23.2 Å². The van der Waals surface area contributed by atoms with Gasteiger partial charge in [-0.05, 0) is 37.6 Å². The molecule has 0 aliphatic rings. The van der Waals surface area contributed by atoms with Crippen LogP contribution in [-0.4, -0.2) is 15.6 Å². The highest BCUT2D eigenvalue weighted by Crippen LogP contribution is 2.22. The topological polar surface area (TPSA) is 34.9 Å². The lowest BCUT2D eigenvalue weighted by Crippen LogP contribution is -2.05. The van der Waals surface area contributed by atoms with E-state index in [-0.39, 0.29) is 12.2 Å². The van der Waals surface area contributed by atoms with Crippen molar-refractivity contribution in [3.05, 3.63) is 50.8 Å². The molecule has 0 radical (unpaired) electrons. The van der Waals surface area contributed by atoms with Crippen molar-refractivity contribution >= 4 is 29.0 Å². The first-order valence-electron chi connectivity index (χ1n) is 5.87. The summed E-state index contributed by atoms with van der Waals surface area (Å²) in [4.78, 5) is 12.3. The average Bonchev–Trinajstić information content (AvgIpc) is 2.54. The monoisotopic (exact) mass is 296 g/mol. The predicted octanol–water partition coefficient (Wildman–Crippen LogP) is 3.77. The van der Waals surface area contributed by atoms with Crippen molar-refractivity contribution in [2.75, 3.05) is 0 Å². The standard InChI is InChI=1S/C14H14Cl2N2O/c1-8-4-10(6-11(15)5-8)13(19)7-12-9(2)17-18(3)14(12)16/h4-6H,7H2,1-3H3. The number of rotatable bonds is 3. The number of hydrogen-bond acceptors (Lipinski definition) is 2. The first kappa shape index (κ1) is 14.1. The maximum Gasteiger partial charge on any atom is 0.167 e. The molecule has 5 heteroatoms. The van der Waals surface area contributed by atoms with Gasteiger partial charge in [0, 0.05) is 29.6 Å². The molecule has 0 spiro atoms. The van der Waals surface area contributed by atoms with Crippen molar-refractivity contribution in [1.82, 2.24) is 9.78 Å². The molecule has 0 amide bonds. The van der Waals surface area contributed by atoms with E-state index in [9.17, 15) is 4.79 Å². The third-order valence-corrected chi connectivity index (χ3v) is 3.66. The minimum Gasteiger partial charge on any atom is -0.294 e. The van der Waals surface area contributed by atoms with Gasteiger partial charge in [0.15, 0.2) is 5.78 Å². The lowest BCUT2D eigenvalue weighted by molar-refractivity contribution is 0.0992. The normalized spacial score (nSPS) is 10.8. The number of aryl methyl sites for hydroxylation is 3. The number of aromatic nitrogens is 2. The maximum absolute atomic E-state index is 12.3. The molecule has 0 saturated carbocycles. The minimum atomic E-state index is -0.0106. The van der Waals surface area contributed by atoms with Gasteiger partial charge in [-0.25, -0.2) is 0 Å². The van der Waals surface area contributed by atoms with Crippen LogP contribution in [0.2, 0.25) is 10.2 Å². The number of Topliss-reactive ketones (excluding diaryl/α,β-unsaturated/α-hetero) is 1. The van der Waals surface area contributed by atoms with Gasteiger partial charge >= 0.3 is 0 Å². The van der Waals surface area contributed by atoms with Gasteiger partial charge < -0.3 is 0 Å². The number of nitrogens with zero attached hydrogens (tertiary/aromatic N) is 2. The van der Waals surface area contributed by atoms with Crippen LogP contribution in [-0.2, 0) is 13.5 Å². The second-order valence-corrected chi connectivity index (χ2v) is 5.39. The van der Waals surface area contributed by atoms with Gasteiger partial charge in [0.2, 0.25) is 0 Å². The number of ketones is 1. The van der Waals surface area contributed by atoms with Crippen LogP contribution >= 0.6 is 23.2 Å². The van der Waals surface area contributed by atoms with Crippen molar-refractivity contribution in [3.8, 4) is 0 Å². The van der Waals surface area contributed by atoms with E-state index >= 15 is 0 Å². The van der Waals surface area contributed by atoms with Gasteiger partial charge in [-0.15, -0.1) is 0 Å². The third kappa shape index (κ3) is 2.99. The van der Waals surface area contributed by atoms with Crippen LogP contribution in [0.5, 0.6) is 0 Å². The lowest BCUT2D eigenvalue weighted by Gasteiger charge is -2.04. The molecule has 2 aromatic rings. The van der Waals surface area contributed by atoms with Crippen LogP contribution in [0.25, 0.3) is 0 Å². The summed E-state index contributed by atoms with van der Waals surface area (Å²) < 4.78 is 1.57. The van der Waals surface area contributed by atoms with Crippen LogP contribution in [0.3, 0.4) is 0 Å².